The second-order valence-electron chi connectivity index (χ2n) is 3.84. The van der Waals surface area contributed by atoms with Crippen LogP contribution in [0.2, 0.25) is 5.02 Å². The maximum absolute atomic E-state index is 13.4. The standard InChI is InChI=1S/C14H10ClFO3/c15-10-4-1-3-9(7-10)8-19-12-6-2-5-11(16)13(12)14(17)18/h1-7H,8H2,(H,17,18). The van der Waals surface area contributed by atoms with Crippen LogP contribution in [-0.2, 0) is 6.61 Å². The van der Waals surface area contributed by atoms with Crippen LogP contribution in [0.3, 0.4) is 0 Å². The van der Waals surface area contributed by atoms with Crippen molar-refractivity contribution in [1.82, 2.24) is 0 Å². The van der Waals surface area contributed by atoms with Gasteiger partial charge in [0.25, 0.3) is 0 Å². The van der Waals surface area contributed by atoms with Crippen LogP contribution in [0.1, 0.15) is 15.9 Å². The number of ether oxygens (including phenoxy) is 1. The zero-order valence-electron chi connectivity index (χ0n) is 9.77. The number of hydrogen-bond donors (Lipinski definition) is 1. The van der Waals surface area contributed by atoms with Crippen LogP contribution < -0.4 is 4.74 Å². The lowest BCUT2D eigenvalue weighted by atomic mass is 10.2. The lowest BCUT2D eigenvalue weighted by Crippen LogP contribution is -2.06. The molecule has 0 saturated heterocycles. The summed E-state index contributed by atoms with van der Waals surface area (Å²) < 4.78 is 18.7. The van der Waals surface area contributed by atoms with Gasteiger partial charge in [-0.2, -0.15) is 0 Å². The van der Waals surface area contributed by atoms with Crippen LogP contribution in [0, 0.1) is 5.82 Å². The Balaban J connectivity index is 2.20. The van der Waals surface area contributed by atoms with Crippen molar-refractivity contribution in [2.45, 2.75) is 6.61 Å². The molecule has 98 valence electrons. The molecule has 0 aliphatic rings. The average molecular weight is 281 g/mol. The number of carboxylic acid groups (broad SMARTS) is 1. The summed E-state index contributed by atoms with van der Waals surface area (Å²) in [6.07, 6.45) is 0. The van der Waals surface area contributed by atoms with Crippen molar-refractivity contribution in [1.29, 1.82) is 0 Å². The minimum absolute atomic E-state index is 0.00697. The van der Waals surface area contributed by atoms with Crippen molar-refractivity contribution in [2.75, 3.05) is 0 Å². The first-order valence-corrected chi connectivity index (χ1v) is 5.85. The van der Waals surface area contributed by atoms with Gasteiger partial charge in [-0.15, -0.1) is 0 Å². The third kappa shape index (κ3) is 3.23. The molecule has 2 aromatic carbocycles. The summed E-state index contributed by atoms with van der Waals surface area (Å²) in [6.45, 7) is 0.115. The van der Waals surface area contributed by atoms with Crippen molar-refractivity contribution in [3.63, 3.8) is 0 Å². The van der Waals surface area contributed by atoms with Crippen molar-refractivity contribution >= 4 is 17.6 Å². The van der Waals surface area contributed by atoms with Crippen molar-refractivity contribution < 1.29 is 19.0 Å². The molecule has 0 radical (unpaired) electrons. The van der Waals surface area contributed by atoms with E-state index in [-0.39, 0.29) is 12.4 Å². The SMILES string of the molecule is O=C(O)c1c(F)cccc1OCc1cccc(Cl)c1. The van der Waals surface area contributed by atoms with Crippen molar-refractivity contribution in [2.24, 2.45) is 0 Å². The first-order chi connectivity index (χ1) is 9.08. The van der Waals surface area contributed by atoms with Crippen LogP contribution in [0.4, 0.5) is 4.39 Å². The molecule has 0 bridgehead atoms. The Morgan fingerprint density at radius 1 is 1.26 bits per heavy atom. The van der Waals surface area contributed by atoms with Gasteiger partial charge in [-0.05, 0) is 29.8 Å². The molecule has 0 aliphatic carbocycles. The molecule has 3 nitrogen and oxygen atoms in total. The first kappa shape index (κ1) is 13.4. The lowest BCUT2D eigenvalue weighted by molar-refractivity contribution is 0.0686. The van der Waals surface area contributed by atoms with E-state index < -0.39 is 17.3 Å². The van der Waals surface area contributed by atoms with Gasteiger partial charge in [0, 0.05) is 5.02 Å². The maximum atomic E-state index is 13.4. The highest BCUT2D eigenvalue weighted by Crippen LogP contribution is 2.23. The Labute approximate surface area is 114 Å². The van der Waals surface area contributed by atoms with Crippen LogP contribution in [0.25, 0.3) is 0 Å². The van der Waals surface area contributed by atoms with Gasteiger partial charge < -0.3 is 9.84 Å². The van der Waals surface area contributed by atoms with E-state index in [9.17, 15) is 9.18 Å². The molecule has 0 spiro atoms. The lowest BCUT2D eigenvalue weighted by Gasteiger charge is -2.09. The molecule has 0 unspecified atom stereocenters. The molecule has 0 amide bonds. The minimum atomic E-state index is -1.36. The number of carboxylic acids is 1. The predicted molar refractivity (Wildman–Crippen MR) is 69.1 cm³/mol. The van der Waals surface area contributed by atoms with E-state index in [4.69, 9.17) is 21.4 Å². The average Bonchev–Trinajstić information content (AvgIpc) is 2.36. The fourth-order valence-corrected chi connectivity index (χ4v) is 1.83. The van der Waals surface area contributed by atoms with Gasteiger partial charge in [0.2, 0.25) is 0 Å². The van der Waals surface area contributed by atoms with E-state index in [1.54, 1.807) is 24.3 Å². The van der Waals surface area contributed by atoms with Gasteiger partial charge in [0.05, 0.1) is 0 Å². The Morgan fingerprint density at radius 3 is 2.68 bits per heavy atom. The van der Waals surface area contributed by atoms with Gasteiger partial charge in [-0.25, -0.2) is 9.18 Å². The highest BCUT2D eigenvalue weighted by atomic mass is 35.5. The predicted octanol–water partition coefficient (Wildman–Crippen LogP) is 3.76. The third-order valence-corrected chi connectivity index (χ3v) is 2.71. The van der Waals surface area contributed by atoms with Crippen LogP contribution in [0.15, 0.2) is 42.5 Å². The smallest absolute Gasteiger partial charge is 0.342 e. The second kappa shape index (κ2) is 5.71. The van der Waals surface area contributed by atoms with Crippen molar-refractivity contribution in [3.05, 3.63) is 64.4 Å². The van der Waals surface area contributed by atoms with Crippen LogP contribution in [-0.4, -0.2) is 11.1 Å². The summed E-state index contributed by atoms with van der Waals surface area (Å²) in [5.41, 5.74) is 0.303. The van der Waals surface area contributed by atoms with E-state index in [1.165, 1.54) is 12.1 Å². The van der Waals surface area contributed by atoms with E-state index in [2.05, 4.69) is 0 Å². The summed E-state index contributed by atoms with van der Waals surface area (Å²) >= 11 is 5.82. The number of carbonyl (C=O) groups is 1. The molecule has 0 saturated carbocycles. The van der Waals surface area contributed by atoms with Gasteiger partial charge >= 0.3 is 5.97 Å². The monoisotopic (exact) mass is 280 g/mol. The Bertz CT molecular complexity index is 613. The van der Waals surface area contributed by atoms with E-state index in [1.807, 2.05) is 0 Å². The van der Waals surface area contributed by atoms with Gasteiger partial charge in [0.1, 0.15) is 23.7 Å². The van der Waals surface area contributed by atoms with Crippen molar-refractivity contribution in [3.8, 4) is 5.75 Å². The third-order valence-electron chi connectivity index (χ3n) is 2.47. The maximum Gasteiger partial charge on any atom is 0.342 e. The molecular weight excluding hydrogens is 271 g/mol. The first-order valence-electron chi connectivity index (χ1n) is 5.47. The molecular formula is C14H10ClFO3. The zero-order chi connectivity index (χ0) is 13.8. The van der Waals surface area contributed by atoms with E-state index in [0.717, 1.165) is 11.6 Å². The number of benzene rings is 2. The number of hydrogen-bond acceptors (Lipinski definition) is 2. The van der Waals surface area contributed by atoms with Crippen LogP contribution in [0.5, 0.6) is 5.75 Å². The molecule has 19 heavy (non-hydrogen) atoms. The Morgan fingerprint density at radius 2 is 2.00 bits per heavy atom. The highest BCUT2D eigenvalue weighted by Gasteiger charge is 2.16. The molecule has 5 heteroatoms. The summed E-state index contributed by atoms with van der Waals surface area (Å²) in [4.78, 5) is 11.0. The van der Waals surface area contributed by atoms with Gasteiger partial charge in [-0.3, -0.25) is 0 Å². The normalized spacial score (nSPS) is 10.2. The molecule has 1 N–H and O–H groups in total. The quantitative estimate of drug-likeness (QED) is 0.927. The number of halogens is 2. The Hall–Kier alpha value is -2.07. The van der Waals surface area contributed by atoms with E-state index >= 15 is 0 Å². The summed E-state index contributed by atoms with van der Waals surface area (Å²) in [5, 5.41) is 9.50. The number of aromatic carboxylic acids is 1. The summed E-state index contributed by atoms with van der Waals surface area (Å²) in [5.74, 6) is -2.19. The molecule has 0 aliphatic heterocycles. The fourth-order valence-electron chi connectivity index (χ4n) is 1.62. The topological polar surface area (TPSA) is 46.5 Å². The second-order valence-corrected chi connectivity index (χ2v) is 4.27. The largest absolute Gasteiger partial charge is 0.488 e. The van der Waals surface area contributed by atoms with E-state index in [0.29, 0.717) is 5.02 Å². The zero-order valence-corrected chi connectivity index (χ0v) is 10.5. The van der Waals surface area contributed by atoms with Gasteiger partial charge in [0.15, 0.2) is 0 Å². The summed E-state index contributed by atoms with van der Waals surface area (Å²) in [7, 11) is 0. The molecule has 0 atom stereocenters. The minimum Gasteiger partial charge on any atom is -0.488 e. The molecule has 2 aromatic rings. The Kier molecular flexibility index (Phi) is 4.02. The van der Waals surface area contributed by atoms with Crippen LogP contribution >= 0.6 is 11.6 Å². The number of rotatable bonds is 4. The highest BCUT2D eigenvalue weighted by molar-refractivity contribution is 6.30. The van der Waals surface area contributed by atoms with Gasteiger partial charge in [-0.1, -0.05) is 29.8 Å². The molecule has 0 aromatic heterocycles. The molecule has 0 heterocycles. The molecule has 0 fully saturated rings. The summed E-state index contributed by atoms with van der Waals surface area (Å²) in [6, 6.07) is 10.8. The fraction of sp³-hybridized carbons (Fsp3) is 0.0714. The molecule has 2 rings (SSSR count).